The van der Waals surface area contributed by atoms with Gasteiger partial charge in [-0.25, -0.2) is 0 Å². The fourth-order valence-electron chi connectivity index (χ4n) is 6.88. The number of hydrogen-bond donors (Lipinski definition) is 0. The SMILES string of the molecule is CC1=Cc2c(cc3c4c(cccc24)CC3)[C]1=[Ti]=[C]1C(C)=Cc2c1cc1c3c(cccc23)CC1.C[CH-]C.[CH-]=[Si]. The van der Waals surface area contributed by atoms with Gasteiger partial charge in [-0.05, 0) is 0 Å². The van der Waals surface area contributed by atoms with Crippen LogP contribution in [-0.2, 0) is 43.9 Å². The van der Waals surface area contributed by atoms with Gasteiger partial charge in [0, 0.05) is 0 Å². The molecule has 0 saturated carbocycles. The molecule has 0 amide bonds. The van der Waals surface area contributed by atoms with Gasteiger partial charge in [-0.15, -0.1) is 0 Å². The van der Waals surface area contributed by atoms with Gasteiger partial charge >= 0.3 is 203 Å². The average Bonchev–Trinajstić information content (AvgIpc) is 3.69. The zero-order chi connectivity index (χ0) is 26.6. The van der Waals surface area contributed by atoms with Crippen LogP contribution < -0.4 is 0 Å². The fourth-order valence-corrected chi connectivity index (χ4v) is 9.18. The molecule has 0 aliphatic heterocycles. The molecule has 8 rings (SSSR count). The molecule has 2 heteroatoms. The summed E-state index contributed by atoms with van der Waals surface area (Å²) in [5.74, 6) is 0. The molecule has 38 heavy (non-hydrogen) atoms. The zero-order valence-corrected chi connectivity index (χ0v) is 25.3. The van der Waals surface area contributed by atoms with Crippen molar-refractivity contribution in [3.63, 3.8) is 0 Å². The zero-order valence-electron chi connectivity index (χ0n) is 22.8. The van der Waals surface area contributed by atoms with Gasteiger partial charge in [0.15, 0.2) is 0 Å². The van der Waals surface area contributed by atoms with Crippen molar-refractivity contribution < 1.29 is 18.2 Å². The van der Waals surface area contributed by atoms with Gasteiger partial charge in [0.25, 0.3) is 0 Å². The molecular formula is C36H32SiTi-2. The van der Waals surface area contributed by atoms with E-state index in [1.807, 2.05) is 20.3 Å². The Morgan fingerprint density at radius 1 is 0.658 bits per heavy atom. The number of fused-ring (bicyclic) bond motifs is 4. The van der Waals surface area contributed by atoms with E-state index in [9.17, 15) is 0 Å². The first-order valence-electron chi connectivity index (χ1n) is 13.7. The summed E-state index contributed by atoms with van der Waals surface area (Å²) >= 11 is -0.435. The van der Waals surface area contributed by atoms with Gasteiger partial charge in [-0.3, -0.25) is 9.85 Å². The van der Waals surface area contributed by atoms with Crippen LogP contribution >= 0.6 is 0 Å². The predicted octanol–water partition coefficient (Wildman–Crippen LogP) is 7.54. The Hall–Kier alpha value is -2.58. The first-order chi connectivity index (χ1) is 18.6. The van der Waals surface area contributed by atoms with Crippen molar-refractivity contribution in [3.8, 4) is 0 Å². The second-order valence-corrected chi connectivity index (χ2v) is 12.7. The van der Waals surface area contributed by atoms with Crippen LogP contribution in [0.3, 0.4) is 0 Å². The third kappa shape index (κ3) is 3.86. The number of aryl methyl sites for hydroxylation is 4. The maximum absolute atomic E-state index is 4.31. The van der Waals surface area contributed by atoms with E-state index < -0.39 is 18.2 Å². The minimum atomic E-state index is -0.435. The minimum Gasteiger partial charge on any atom is -0.530 e. The summed E-state index contributed by atoms with van der Waals surface area (Å²) in [6.45, 7) is 8.70. The van der Waals surface area contributed by atoms with Gasteiger partial charge in [-0.2, -0.15) is 13.8 Å². The Morgan fingerprint density at radius 2 is 1.05 bits per heavy atom. The second-order valence-electron chi connectivity index (χ2n) is 10.8. The van der Waals surface area contributed by atoms with Gasteiger partial charge in [0.05, 0.1) is 0 Å². The van der Waals surface area contributed by atoms with Crippen LogP contribution in [0.5, 0.6) is 0 Å². The predicted molar refractivity (Wildman–Crippen MR) is 166 cm³/mol. The number of hydrogen-bond acceptors (Lipinski definition) is 0. The van der Waals surface area contributed by atoms with Crippen molar-refractivity contribution in [3.05, 3.63) is 111 Å². The Balaban J connectivity index is 0.000000497. The fraction of sp³-hybridized carbons (Fsp3) is 0.222. The smallest absolute Gasteiger partial charge is 0.192 e. The summed E-state index contributed by atoms with van der Waals surface area (Å²) in [7, 11) is 2.47. The molecule has 0 N–H and O–H groups in total. The number of allylic oxidation sites excluding steroid dienone is 2. The maximum Gasteiger partial charge on any atom is -0.192 e. The summed E-state index contributed by atoms with van der Waals surface area (Å²) in [6.07, 6.45) is 16.1. The van der Waals surface area contributed by atoms with E-state index >= 15 is 0 Å². The van der Waals surface area contributed by atoms with E-state index in [4.69, 9.17) is 0 Å². The monoisotopic (exact) mass is 540 g/mol. The van der Waals surface area contributed by atoms with Crippen molar-refractivity contribution in [2.24, 2.45) is 0 Å². The van der Waals surface area contributed by atoms with E-state index in [1.165, 1.54) is 69.9 Å². The minimum absolute atomic E-state index is 0.435. The standard InChI is InChI=1S/2C16H12.C3H7.CHSi.Ti/c2*1-10-7-13-9-12-6-5-11-3-2-4-14(16(11)12)15(13)8-10;1-3-2;1-2;/h2*2-4,8-9H,5-6H2,1H3;3H,1-2H3;1H;/q;;2*-1;. The molecule has 0 bridgehead atoms. The van der Waals surface area contributed by atoms with E-state index in [-0.39, 0.29) is 0 Å². The van der Waals surface area contributed by atoms with Crippen LogP contribution in [0.2, 0.25) is 0 Å². The van der Waals surface area contributed by atoms with Crippen LogP contribution in [0, 0.1) is 6.42 Å². The van der Waals surface area contributed by atoms with Crippen molar-refractivity contribution in [1.29, 1.82) is 0 Å². The Labute approximate surface area is 238 Å². The van der Waals surface area contributed by atoms with Crippen LogP contribution in [0.1, 0.15) is 72.2 Å². The summed E-state index contributed by atoms with van der Waals surface area (Å²) < 4.78 is 3.31. The first-order valence-corrected chi connectivity index (χ1v) is 15.8. The summed E-state index contributed by atoms with van der Waals surface area (Å²) in [5, 5.41) is 6.05. The molecule has 0 atom stereocenters. The molecule has 0 fully saturated rings. The third-order valence-corrected chi connectivity index (χ3v) is 11.2. The topological polar surface area (TPSA) is 0 Å². The summed E-state index contributed by atoms with van der Waals surface area (Å²) in [5.41, 5.74) is 15.3. The second kappa shape index (κ2) is 10.2. The first kappa shape index (κ1) is 25.7. The van der Waals surface area contributed by atoms with E-state index in [1.54, 1.807) is 40.6 Å². The molecule has 0 nitrogen and oxygen atoms in total. The molecule has 0 aromatic heterocycles. The molecule has 0 unspecified atom stereocenters. The number of rotatable bonds is 0. The molecule has 186 valence electrons. The quantitative estimate of drug-likeness (QED) is 0.160. The van der Waals surface area contributed by atoms with Gasteiger partial charge in [-0.1, -0.05) is 0 Å². The molecular weight excluding hydrogens is 508 g/mol. The van der Waals surface area contributed by atoms with Crippen molar-refractivity contribution in [2.45, 2.75) is 53.4 Å². The third-order valence-electron chi connectivity index (χ3n) is 8.37. The van der Waals surface area contributed by atoms with E-state index in [2.05, 4.69) is 90.6 Å². The van der Waals surface area contributed by atoms with Crippen molar-refractivity contribution in [1.82, 2.24) is 0 Å². The average molecular weight is 541 g/mol. The van der Waals surface area contributed by atoms with Gasteiger partial charge in [0.2, 0.25) is 0 Å². The van der Waals surface area contributed by atoms with Gasteiger partial charge in [0.1, 0.15) is 0 Å². The molecule has 4 aromatic rings. The molecule has 2 radical (unpaired) electrons. The van der Waals surface area contributed by atoms with E-state index in [0.717, 1.165) is 0 Å². The van der Waals surface area contributed by atoms with Gasteiger partial charge < -0.3 is 12.6 Å². The number of benzene rings is 4. The van der Waals surface area contributed by atoms with E-state index in [0.29, 0.717) is 0 Å². The molecule has 0 heterocycles. The normalized spacial score (nSPS) is 15.4. The maximum atomic E-state index is 4.31. The summed E-state index contributed by atoms with van der Waals surface area (Å²) in [4.78, 5) is 0. The Kier molecular flexibility index (Phi) is 6.89. The van der Waals surface area contributed by atoms with Crippen LogP contribution in [0.4, 0.5) is 0 Å². The van der Waals surface area contributed by atoms with Crippen LogP contribution in [-0.4, -0.2) is 23.7 Å². The summed E-state index contributed by atoms with van der Waals surface area (Å²) in [6, 6.07) is 19.0. The molecule has 4 aliphatic carbocycles. The molecule has 0 spiro atoms. The largest absolute Gasteiger partial charge is 0.530 e. The molecule has 4 aromatic carbocycles. The molecule has 0 saturated heterocycles. The van der Waals surface area contributed by atoms with Crippen molar-refractivity contribution >= 4 is 57.3 Å². The molecule has 4 aliphatic rings. The van der Waals surface area contributed by atoms with Crippen LogP contribution in [0.25, 0.3) is 33.7 Å². The Bertz CT molecular complexity index is 1660. The Morgan fingerprint density at radius 3 is 1.47 bits per heavy atom. The van der Waals surface area contributed by atoms with Crippen LogP contribution in [0.15, 0.2) is 59.7 Å². The van der Waals surface area contributed by atoms with Crippen molar-refractivity contribution in [2.75, 3.05) is 0 Å².